The molecule has 20 heavy (non-hydrogen) atoms. The van der Waals surface area contributed by atoms with Crippen LogP contribution in [0.15, 0.2) is 36.5 Å². The van der Waals surface area contributed by atoms with Gasteiger partial charge in [-0.25, -0.2) is 14.3 Å². The summed E-state index contributed by atoms with van der Waals surface area (Å²) in [5, 5.41) is 3.24. The number of hydrogen-bond donors (Lipinski definition) is 1. The van der Waals surface area contributed by atoms with E-state index in [2.05, 4.69) is 10.1 Å². The van der Waals surface area contributed by atoms with Crippen molar-refractivity contribution in [2.75, 3.05) is 6.61 Å². The third kappa shape index (κ3) is 1.97. The molecule has 3 aromatic rings. The van der Waals surface area contributed by atoms with Crippen LogP contribution in [0.25, 0.3) is 16.9 Å². The van der Waals surface area contributed by atoms with Gasteiger partial charge in [0.05, 0.1) is 18.5 Å². The zero-order valence-electron chi connectivity index (χ0n) is 11.4. The summed E-state index contributed by atoms with van der Waals surface area (Å²) in [4.78, 5) is 16.0. The van der Waals surface area contributed by atoms with Crippen LogP contribution < -0.4 is 0 Å². The largest absolute Gasteiger partial charge is 0.461 e. The van der Waals surface area contributed by atoms with Crippen LogP contribution in [0.1, 0.15) is 23.0 Å². The highest BCUT2D eigenvalue weighted by molar-refractivity contribution is 5.88. The number of ether oxygens (including phenoxy) is 1. The van der Waals surface area contributed by atoms with Crippen LogP contribution in [0.3, 0.4) is 0 Å². The molecule has 0 aliphatic carbocycles. The Morgan fingerprint density at radius 1 is 1.35 bits per heavy atom. The first-order valence-electron chi connectivity index (χ1n) is 6.51. The second kappa shape index (κ2) is 4.85. The van der Waals surface area contributed by atoms with Crippen LogP contribution in [0.2, 0.25) is 0 Å². The van der Waals surface area contributed by atoms with E-state index in [1.165, 1.54) is 0 Å². The number of imidazole rings is 1. The van der Waals surface area contributed by atoms with Gasteiger partial charge in [0.15, 0.2) is 11.3 Å². The molecule has 0 fully saturated rings. The van der Waals surface area contributed by atoms with E-state index in [1.54, 1.807) is 17.6 Å². The molecule has 0 aliphatic heterocycles. The summed E-state index contributed by atoms with van der Waals surface area (Å²) in [7, 11) is 0. The summed E-state index contributed by atoms with van der Waals surface area (Å²) in [6.45, 7) is 4.10. The third-order valence-electron chi connectivity index (χ3n) is 3.20. The van der Waals surface area contributed by atoms with Crippen molar-refractivity contribution in [3.05, 3.63) is 47.8 Å². The Labute approximate surface area is 116 Å². The average molecular weight is 269 g/mol. The molecule has 5 heteroatoms. The van der Waals surface area contributed by atoms with E-state index in [1.807, 2.05) is 37.3 Å². The van der Waals surface area contributed by atoms with E-state index in [9.17, 15) is 4.79 Å². The van der Waals surface area contributed by atoms with E-state index in [0.29, 0.717) is 12.3 Å². The number of benzene rings is 1. The van der Waals surface area contributed by atoms with Crippen molar-refractivity contribution in [3.63, 3.8) is 0 Å². The van der Waals surface area contributed by atoms with Gasteiger partial charge in [-0.3, -0.25) is 5.10 Å². The number of esters is 1. The molecule has 0 unspecified atom stereocenters. The second-order valence-corrected chi connectivity index (χ2v) is 4.52. The van der Waals surface area contributed by atoms with Crippen LogP contribution in [0, 0.1) is 6.92 Å². The van der Waals surface area contributed by atoms with Crippen LogP contribution in [-0.2, 0) is 4.74 Å². The standard InChI is InChI=1S/C15H15N3O2/c1-3-20-15(19)12-9-18-14(16-12)10(2)13(17-18)11-7-5-4-6-8-11/h4-9,17H,3H2,1-2H3. The molecule has 0 amide bonds. The predicted molar refractivity (Wildman–Crippen MR) is 75.7 cm³/mol. The summed E-state index contributed by atoms with van der Waals surface area (Å²) in [5.74, 6) is -0.398. The number of nitrogens with one attached hydrogen (secondary N) is 1. The lowest BCUT2D eigenvalue weighted by atomic mass is 10.1. The van der Waals surface area contributed by atoms with E-state index in [4.69, 9.17) is 4.74 Å². The minimum atomic E-state index is -0.398. The zero-order valence-corrected chi connectivity index (χ0v) is 11.4. The highest BCUT2D eigenvalue weighted by Crippen LogP contribution is 2.24. The van der Waals surface area contributed by atoms with Crippen LogP contribution in [0.5, 0.6) is 0 Å². The maximum Gasteiger partial charge on any atom is 0.358 e. The Morgan fingerprint density at radius 2 is 2.10 bits per heavy atom. The Hall–Kier alpha value is -2.56. The van der Waals surface area contributed by atoms with E-state index < -0.39 is 5.97 Å². The number of rotatable bonds is 3. The van der Waals surface area contributed by atoms with Gasteiger partial charge in [-0.05, 0) is 19.4 Å². The van der Waals surface area contributed by atoms with Gasteiger partial charge in [0.2, 0.25) is 0 Å². The minimum Gasteiger partial charge on any atom is -0.461 e. The van der Waals surface area contributed by atoms with Crippen molar-refractivity contribution < 1.29 is 9.53 Å². The number of hydrogen-bond acceptors (Lipinski definition) is 3. The number of aromatic amines is 1. The van der Waals surface area contributed by atoms with Crippen molar-refractivity contribution >= 4 is 11.6 Å². The number of aromatic nitrogens is 3. The zero-order chi connectivity index (χ0) is 14.1. The SMILES string of the molecule is CCOC(=O)c1cn2[nH]c(-c3ccccc3)c(C)c2n1. The van der Waals surface area contributed by atoms with Crippen LogP contribution >= 0.6 is 0 Å². The van der Waals surface area contributed by atoms with E-state index in [0.717, 1.165) is 22.5 Å². The Kier molecular flexibility index (Phi) is 3.02. The average Bonchev–Trinajstić information content (AvgIpc) is 3.00. The molecule has 1 aromatic carbocycles. The molecule has 0 spiro atoms. The lowest BCUT2D eigenvalue weighted by Gasteiger charge is -1.99. The highest BCUT2D eigenvalue weighted by atomic mass is 16.5. The number of nitrogens with zero attached hydrogens (tertiary/aromatic N) is 2. The minimum absolute atomic E-state index is 0.320. The molecule has 2 heterocycles. The molecule has 102 valence electrons. The Morgan fingerprint density at radius 3 is 2.75 bits per heavy atom. The summed E-state index contributed by atoms with van der Waals surface area (Å²) in [6, 6.07) is 10.0. The first-order chi connectivity index (χ1) is 9.70. The van der Waals surface area contributed by atoms with Gasteiger partial charge < -0.3 is 4.74 Å². The molecule has 0 bridgehead atoms. The lowest BCUT2D eigenvalue weighted by Crippen LogP contribution is -2.04. The molecule has 3 rings (SSSR count). The normalized spacial score (nSPS) is 10.9. The summed E-state index contributed by atoms with van der Waals surface area (Å²) >= 11 is 0. The van der Waals surface area contributed by atoms with Crippen LogP contribution in [-0.4, -0.2) is 27.2 Å². The first kappa shape index (κ1) is 12.5. The lowest BCUT2D eigenvalue weighted by molar-refractivity contribution is 0.0520. The number of carbonyl (C=O) groups is 1. The number of fused-ring (bicyclic) bond motifs is 1. The van der Waals surface area contributed by atoms with Crippen molar-refractivity contribution in [1.82, 2.24) is 14.6 Å². The molecule has 0 aliphatic rings. The number of H-pyrrole nitrogens is 1. The fourth-order valence-corrected chi connectivity index (χ4v) is 2.24. The molecular weight excluding hydrogens is 254 g/mol. The number of aryl methyl sites for hydroxylation is 1. The fourth-order valence-electron chi connectivity index (χ4n) is 2.24. The van der Waals surface area contributed by atoms with E-state index in [-0.39, 0.29) is 0 Å². The number of carbonyl (C=O) groups excluding carboxylic acids is 1. The van der Waals surface area contributed by atoms with Crippen molar-refractivity contribution in [2.24, 2.45) is 0 Å². The maximum atomic E-state index is 11.7. The quantitative estimate of drug-likeness (QED) is 0.744. The molecular formula is C15H15N3O2. The topological polar surface area (TPSA) is 59.4 Å². The summed E-state index contributed by atoms with van der Waals surface area (Å²) in [6.07, 6.45) is 1.66. The smallest absolute Gasteiger partial charge is 0.358 e. The third-order valence-corrected chi connectivity index (χ3v) is 3.20. The highest BCUT2D eigenvalue weighted by Gasteiger charge is 2.16. The van der Waals surface area contributed by atoms with Gasteiger partial charge in [0.25, 0.3) is 0 Å². The molecule has 0 radical (unpaired) electrons. The van der Waals surface area contributed by atoms with Crippen molar-refractivity contribution in [2.45, 2.75) is 13.8 Å². The van der Waals surface area contributed by atoms with Gasteiger partial charge in [-0.1, -0.05) is 30.3 Å². The van der Waals surface area contributed by atoms with Crippen molar-refractivity contribution in [1.29, 1.82) is 0 Å². The van der Waals surface area contributed by atoms with Gasteiger partial charge in [0.1, 0.15) is 0 Å². The Bertz CT molecular complexity index is 756. The van der Waals surface area contributed by atoms with Crippen molar-refractivity contribution in [3.8, 4) is 11.3 Å². The molecule has 0 atom stereocenters. The molecule has 5 nitrogen and oxygen atoms in total. The molecule has 1 N–H and O–H groups in total. The molecule has 0 saturated carbocycles. The first-order valence-corrected chi connectivity index (χ1v) is 6.51. The second-order valence-electron chi connectivity index (χ2n) is 4.52. The fraction of sp³-hybridized carbons (Fsp3) is 0.200. The van der Waals surface area contributed by atoms with E-state index >= 15 is 0 Å². The monoisotopic (exact) mass is 269 g/mol. The van der Waals surface area contributed by atoms with Crippen LogP contribution in [0.4, 0.5) is 0 Å². The molecule has 2 aromatic heterocycles. The van der Waals surface area contributed by atoms with Gasteiger partial charge in [-0.15, -0.1) is 0 Å². The summed E-state index contributed by atoms with van der Waals surface area (Å²) in [5.41, 5.74) is 4.16. The molecule has 0 saturated heterocycles. The van der Waals surface area contributed by atoms with Gasteiger partial charge >= 0.3 is 5.97 Å². The predicted octanol–water partition coefficient (Wildman–Crippen LogP) is 2.81. The Balaban J connectivity index is 2.05. The maximum absolute atomic E-state index is 11.7. The van der Waals surface area contributed by atoms with Gasteiger partial charge in [0, 0.05) is 5.56 Å². The van der Waals surface area contributed by atoms with Gasteiger partial charge in [-0.2, -0.15) is 0 Å². The summed E-state index contributed by atoms with van der Waals surface area (Å²) < 4.78 is 6.71.